The summed E-state index contributed by atoms with van der Waals surface area (Å²) in [4.78, 5) is 0. The molecule has 0 aliphatic rings. The molecule has 2 heterocycles. The molecule has 102 valence electrons. The number of amidine groups is 2. The molecule has 0 amide bonds. The third kappa shape index (κ3) is 3.95. The van der Waals surface area contributed by atoms with Gasteiger partial charge in [-0.1, -0.05) is 0 Å². The zero-order chi connectivity index (χ0) is 14.2. The molecule has 0 spiro atoms. The van der Waals surface area contributed by atoms with Crippen molar-refractivity contribution in [2.24, 2.45) is 31.9 Å². The molecule has 8 heteroatoms. The monoisotopic (exact) mass is 272 g/mol. The quantitative estimate of drug-likeness (QED) is 0.487. The van der Waals surface area contributed by atoms with Crippen molar-refractivity contribution in [3.63, 3.8) is 0 Å². The van der Waals surface area contributed by atoms with E-state index in [1.54, 1.807) is 24.3 Å². The first kappa shape index (κ1) is 13.3. The molecule has 2 aromatic heterocycles. The molecular weight excluding hydrogens is 260 g/mol. The van der Waals surface area contributed by atoms with Crippen LogP contribution in [0.25, 0.3) is 0 Å². The average Bonchev–Trinajstić information content (AvgIpc) is 3.11. The third-order valence-electron chi connectivity index (χ3n) is 2.05. The largest absolute Gasteiger partial charge is 0.463 e. The van der Waals surface area contributed by atoms with Gasteiger partial charge in [0.15, 0.2) is 11.7 Å². The fourth-order valence-electron chi connectivity index (χ4n) is 1.13. The van der Waals surface area contributed by atoms with Crippen LogP contribution in [0.5, 0.6) is 0 Å². The highest BCUT2D eigenvalue weighted by Gasteiger charge is 1.97. The fraction of sp³-hybridized carbons (Fsp3) is 0. The van der Waals surface area contributed by atoms with E-state index in [-0.39, 0.29) is 11.7 Å². The van der Waals surface area contributed by atoms with Gasteiger partial charge in [0.1, 0.15) is 11.5 Å². The van der Waals surface area contributed by atoms with E-state index >= 15 is 0 Å². The second-order valence-electron chi connectivity index (χ2n) is 3.49. The van der Waals surface area contributed by atoms with Gasteiger partial charge in [-0.15, -0.1) is 10.2 Å². The van der Waals surface area contributed by atoms with Crippen LogP contribution in [0.15, 0.2) is 66.0 Å². The molecule has 8 nitrogen and oxygen atoms in total. The molecule has 4 N–H and O–H groups in total. The van der Waals surface area contributed by atoms with Crippen molar-refractivity contribution in [2.45, 2.75) is 0 Å². The summed E-state index contributed by atoms with van der Waals surface area (Å²) < 4.78 is 10.1. The van der Waals surface area contributed by atoms with E-state index in [1.165, 1.54) is 25.0 Å². The van der Waals surface area contributed by atoms with Crippen molar-refractivity contribution >= 4 is 24.1 Å². The molecule has 0 radical (unpaired) electrons. The van der Waals surface area contributed by atoms with E-state index in [0.717, 1.165) is 0 Å². The van der Waals surface area contributed by atoms with E-state index in [2.05, 4.69) is 20.4 Å². The molecule has 0 aromatic carbocycles. The fourth-order valence-corrected chi connectivity index (χ4v) is 1.13. The smallest absolute Gasteiger partial charge is 0.190 e. The lowest BCUT2D eigenvalue weighted by Crippen LogP contribution is -2.30. The van der Waals surface area contributed by atoms with Gasteiger partial charge in [-0.3, -0.25) is 0 Å². The molecule has 2 rings (SSSR count). The van der Waals surface area contributed by atoms with Gasteiger partial charge in [-0.05, 0) is 24.3 Å². The molecule has 2 aromatic rings. The van der Waals surface area contributed by atoms with Crippen molar-refractivity contribution in [2.75, 3.05) is 0 Å². The van der Waals surface area contributed by atoms with Crippen LogP contribution in [0.3, 0.4) is 0 Å². The Labute approximate surface area is 114 Å². The lowest BCUT2D eigenvalue weighted by Gasteiger charge is -1.93. The van der Waals surface area contributed by atoms with E-state index in [9.17, 15) is 0 Å². The normalized spacial score (nSPS) is 13.6. The summed E-state index contributed by atoms with van der Waals surface area (Å²) in [7, 11) is 0. The highest BCUT2D eigenvalue weighted by Crippen LogP contribution is 1.96. The average molecular weight is 272 g/mol. The summed E-state index contributed by atoms with van der Waals surface area (Å²) in [6.45, 7) is 0. The minimum Gasteiger partial charge on any atom is -0.463 e. The summed E-state index contributed by atoms with van der Waals surface area (Å²) in [5.74, 6) is 0.995. The summed E-state index contributed by atoms with van der Waals surface area (Å²) in [6, 6.07) is 6.90. The van der Waals surface area contributed by atoms with Crippen molar-refractivity contribution in [3.8, 4) is 0 Å². The summed E-state index contributed by atoms with van der Waals surface area (Å²) in [5, 5.41) is 14.7. The second kappa shape index (κ2) is 6.69. The molecule has 0 saturated heterocycles. The predicted molar refractivity (Wildman–Crippen MR) is 75.8 cm³/mol. The predicted octanol–water partition coefficient (Wildman–Crippen LogP) is 0.955. The van der Waals surface area contributed by atoms with Crippen LogP contribution >= 0.6 is 0 Å². The van der Waals surface area contributed by atoms with Gasteiger partial charge in [0.2, 0.25) is 0 Å². The van der Waals surface area contributed by atoms with Gasteiger partial charge in [-0.2, -0.15) is 10.2 Å². The van der Waals surface area contributed by atoms with Crippen LogP contribution in [0.2, 0.25) is 0 Å². The standard InChI is InChI=1S/C12H12N6O2/c13-11(17-15-7-9-3-1-5-19-9)12(14)18-16-8-10-4-2-6-20-10/h1-8H,(H2,13,17)(H2,14,18)/b15-7+,16-8+. The molecule has 0 aliphatic carbocycles. The second-order valence-corrected chi connectivity index (χ2v) is 3.49. The molecule has 0 unspecified atom stereocenters. The Kier molecular flexibility index (Phi) is 4.44. The van der Waals surface area contributed by atoms with Crippen LogP contribution in [0, 0.1) is 0 Å². The SMILES string of the molecule is NC(=N\N=C\c1ccco1)/C(N)=N/N=C/c1ccco1. The number of nitrogens with two attached hydrogens (primary N) is 2. The third-order valence-corrected chi connectivity index (χ3v) is 2.05. The van der Waals surface area contributed by atoms with E-state index < -0.39 is 0 Å². The Morgan fingerprint density at radius 1 is 0.850 bits per heavy atom. The van der Waals surface area contributed by atoms with Crippen LogP contribution in [-0.4, -0.2) is 24.1 Å². The lowest BCUT2D eigenvalue weighted by atomic mass is 10.5. The Bertz CT molecular complexity index is 579. The zero-order valence-corrected chi connectivity index (χ0v) is 10.4. The first-order valence-electron chi connectivity index (χ1n) is 5.56. The molecule has 0 saturated carbocycles. The Morgan fingerprint density at radius 2 is 1.30 bits per heavy atom. The number of hydrogen-bond acceptors (Lipinski definition) is 6. The van der Waals surface area contributed by atoms with Gasteiger partial charge in [0.25, 0.3) is 0 Å². The van der Waals surface area contributed by atoms with Crippen LogP contribution in [-0.2, 0) is 0 Å². The number of nitrogens with zero attached hydrogens (tertiary/aromatic N) is 4. The minimum absolute atomic E-state index is 0.0515. The van der Waals surface area contributed by atoms with Gasteiger partial charge in [0.05, 0.1) is 25.0 Å². The molecule has 0 fully saturated rings. The molecule has 0 bridgehead atoms. The molecule has 20 heavy (non-hydrogen) atoms. The number of hydrogen-bond donors (Lipinski definition) is 2. The highest BCUT2D eigenvalue weighted by molar-refractivity contribution is 6.39. The van der Waals surface area contributed by atoms with E-state index in [1.807, 2.05) is 0 Å². The van der Waals surface area contributed by atoms with Crippen LogP contribution < -0.4 is 11.5 Å². The molecular formula is C12H12N6O2. The maximum Gasteiger partial charge on any atom is 0.190 e. The van der Waals surface area contributed by atoms with Gasteiger partial charge >= 0.3 is 0 Å². The number of rotatable bonds is 4. The van der Waals surface area contributed by atoms with Gasteiger partial charge in [0, 0.05) is 0 Å². The summed E-state index contributed by atoms with van der Waals surface area (Å²) >= 11 is 0. The zero-order valence-electron chi connectivity index (χ0n) is 10.4. The van der Waals surface area contributed by atoms with Crippen molar-refractivity contribution < 1.29 is 8.83 Å². The number of furan rings is 2. The Morgan fingerprint density at radius 3 is 1.65 bits per heavy atom. The maximum absolute atomic E-state index is 5.57. The van der Waals surface area contributed by atoms with Crippen molar-refractivity contribution in [1.82, 2.24) is 0 Å². The summed E-state index contributed by atoms with van der Waals surface area (Å²) in [6.07, 6.45) is 5.83. The van der Waals surface area contributed by atoms with Crippen molar-refractivity contribution in [1.29, 1.82) is 0 Å². The van der Waals surface area contributed by atoms with Crippen LogP contribution in [0.4, 0.5) is 0 Å². The summed E-state index contributed by atoms with van der Waals surface area (Å²) in [5.41, 5.74) is 11.1. The van der Waals surface area contributed by atoms with Crippen molar-refractivity contribution in [3.05, 3.63) is 48.3 Å². The van der Waals surface area contributed by atoms with E-state index in [0.29, 0.717) is 11.5 Å². The first-order chi connectivity index (χ1) is 9.75. The van der Waals surface area contributed by atoms with Gasteiger partial charge in [-0.25, -0.2) is 0 Å². The Balaban J connectivity index is 1.95. The topological polar surface area (TPSA) is 128 Å². The Hall–Kier alpha value is -3.16. The molecule has 0 atom stereocenters. The lowest BCUT2D eigenvalue weighted by molar-refractivity contribution is 0.560. The van der Waals surface area contributed by atoms with Gasteiger partial charge < -0.3 is 20.3 Å². The highest BCUT2D eigenvalue weighted by atomic mass is 16.3. The maximum atomic E-state index is 5.57. The van der Waals surface area contributed by atoms with E-state index in [4.69, 9.17) is 20.3 Å². The minimum atomic E-state index is -0.0515. The first-order valence-corrected chi connectivity index (χ1v) is 5.56. The molecule has 0 aliphatic heterocycles. The van der Waals surface area contributed by atoms with Crippen LogP contribution in [0.1, 0.15) is 11.5 Å².